The summed E-state index contributed by atoms with van der Waals surface area (Å²) in [5.74, 6) is 2.89. The number of esters is 1. The molecule has 3 saturated heterocycles. The normalized spacial score (nSPS) is 26.3. The molecule has 23 heteroatoms. The summed E-state index contributed by atoms with van der Waals surface area (Å²) in [5, 5.41) is 66.4. The Morgan fingerprint density at radius 3 is 1.29 bits per heavy atom. The third kappa shape index (κ3) is 7.83. The van der Waals surface area contributed by atoms with E-state index in [0.717, 1.165) is 182 Å². The van der Waals surface area contributed by atoms with E-state index in [4.69, 9.17) is 18.9 Å². The first-order valence-electron chi connectivity index (χ1n) is 37.6. The third-order valence-corrected chi connectivity index (χ3v) is 28.4. The number of hydrogen-bond donors (Lipinski definition) is 7. The Labute approximate surface area is 630 Å². The van der Waals surface area contributed by atoms with Crippen LogP contribution in [0.25, 0.3) is 131 Å². The summed E-state index contributed by atoms with van der Waals surface area (Å²) in [6.07, 6.45) is -0.448. The number of thioether (sulfide) groups is 2. The van der Waals surface area contributed by atoms with E-state index in [0.29, 0.717) is 31.6 Å². The number of carbonyl (C=O) groups excluding carboxylic acids is 4. The quantitative estimate of drug-likeness (QED) is 0.0664. The molecule has 550 valence electrons. The Kier molecular flexibility index (Phi) is 13.5. The topological polar surface area (TPSA) is 252 Å². The molecular weight excluding hydrogens is 1420 g/mol. The molecule has 9 aliphatic rings. The van der Waals surface area contributed by atoms with Gasteiger partial charge in [-0.3, -0.25) is 14.4 Å². The fraction of sp³-hybridized carbons (Fsp3) is 0.326. The van der Waals surface area contributed by atoms with Gasteiger partial charge in [0.2, 0.25) is 5.60 Å². The van der Waals surface area contributed by atoms with Crippen molar-refractivity contribution >= 4 is 178 Å². The van der Waals surface area contributed by atoms with Gasteiger partial charge < -0.3 is 82.7 Å². The molecule has 7 N–H and O–H groups in total. The van der Waals surface area contributed by atoms with E-state index in [2.05, 4.69) is 145 Å². The number of amides is 3. The largest absolute Gasteiger partial charge is 0.467 e. The van der Waals surface area contributed by atoms with Crippen LogP contribution in [0, 0.1) is 5.41 Å². The van der Waals surface area contributed by atoms with Crippen LogP contribution in [0.3, 0.4) is 0 Å². The second kappa shape index (κ2) is 22.2. The van der Waals surface area contributed by atoms with Gasteiger partial charge in [0, 0.05) is 120 Å². The van der Waals surface area contributed by atoms with Gasteiger partial charge in [0.25, 0.3) is 17.7 Å². The summed E-state index contributed by atoms with van der Waals surface area (Å²) >= 11 is 3.71. The van der Waals surface area contributed by atoms with E-state index in [1.165, 1.54) is 18.2 Å². The predicted octanol–water partition coefficient (Wildman–Crippen LogP) is 14.4. The highest BCUT2D eigenvalue weighted by molar-refractivity contribution is 7.98. The van der Waals surface area contributed by atoms with Crippen molar-refractivity contribution in [1.29, 1.82) is 0 Å². The SMILES string of the molecule is CC1(CO)CC2OC1(C)n1c3ccccc3c3c4c(c5c6ccccc6n2c5c31)C(=O)NC4.CC12OC(CC1(O)CO)n1c3ccccc3c3c4c(c5c6ccccc6n2c5c31)CNC4=O.CCSCc1ccc2c(c1)c1c3c(c4c5cc(CSCC)ccc5n5c4c1n2C1CC(O)(C(=O)OC)C5(C)O1)CNC3=O. The number of carbonyl (C=O) groups is 4. The maximum Gasteiger partial charge on any atom is 0.343 e. The Hall–Kier alpha value is -9.92. The fourth-order valence-electron chi connectivity index (χ4n) is 21.4. The van der Waals surface area contributed by atoms with Crippen LogP contribution in [0.2, 0.25) is 0 Å². The van der Waals surface area contributed by atoms with Gasteiger partial charge in [-0.05, 0) is 109 Å². The van der Waals surface area contributed by atoms with E-state index in [9.17, 15) is 39.6 Å². The number of aliphatic hydroxyl groups is 4. The van der Waals surface area contributed by atoms with Crippen LogP contribution in [0.5, 0.6) is 0 Å². The van der Waals surface area contributed by atoms with Crippen LogP contribution in [0.1, 0.15) is 138 Å². The summed E-state index contributed by atoms with van der Waals surface area (Å²) in [7, 11) is 1.30. The van der Waals surface area contributed by atoms with Gasteiger partial charge >= 0.3 is 5.97 Å². The smallest absolute Gasteiger partial charge is 0.343 e. The molecule has 9 aromatic carbocycles. The summed E-state index contributed by atoms with van der Waals surface area (Å²) in [5.41, 5.74) is 11.9. The molecule has 9 atom stereocenters. The Bertz CT molecular complexity index is 6520. The van der Waals surface area contributed by atoms with Gasteiger partial charge in [0.05, 0.1) is 103 Å². The Morgan fingerprint density at radius 1 is 0.459 bits per heavy atom. The van der Waals surface area contributed by atoms with Gasteiger partial charge in [-0.2, -0.15) is 23.5 Å². The van der Waals surface area contributed by atoms with E-state index < -0.39 is 58.8 Å². The molecule has 24 rings (SSSR count). The molecule has 9 unspecified atom stereocenters. The minimum Gasteiger partial charge on any atom is -0.467 e. The fourth-order valence-corrected chi connectivity index (χ4v) is 22.6. The van der Waals surface area contributed by atoms with E-state index >= 15 is 0 Å². The molecular formula is C86H77N9O12S2. The number of methoxy groups -OCH3 is 1. The number of ether oxygens (including phenoxy) is 4. The average Bonchev–Trinajstić information content (AvgIpc) is 1.51. The lowest BCUT2D eigenvalue weighted by Crippen LogP contribution is -2.56. The molecule has 0 aliphatic carbocycles. The van der Waals surface area contributed by atoms with Crippen LogP contribution in [0.15, 0.2) is 133 Å². The molecule has 9 aliphatic heterocycles. The van der Waals surface area contributed by atoms with Gasteiger partial charge in [-0.15, -0.1) is 0 Å². The number of fused-ring (bicyclic) bond motifs is 39. The average molecular weight is 1490 g/mol. The summed E-state index contributed by atoms with van der Waals surface area (Å²) < 4.78 is 38.7. The highest BCUT2D eigenvalue weighted by atomic mass is 32.2. The van der Waals surface area contributed by atoms with Crippen LogP contribution in [-0.4, -0.2) is 115 Å². The van der Waals surface area contributed by atoms with Gasteiger partial charge in [-0.25, -0.2) is 4.79 Å². The van der Waals surface area contributed by atoms with E-state index in [1.54, 1.807) is 6.92 Å². The van der Waals surface area contributed by atoms with Gasteiger partial charge in [0.15, 0.2) is 17.2 Å². The minimum atomic E-state index is -1.95. The summed E-state index contributed by atoms with van der Waals surface area (Å²) in [6, 6.07) is 45.6. The van der Waals surface area contributed by atoms with Crippen LogP contribution < -0.4 is 16.0 Å². The molecule has 3 fully saturated rings. The van der Waals surface area contributed by atoms with Crippen molar-refractivity contribution in [2.75, 3.05) is 31.8 Å². The van der Waals surface area contributed by atoms with Crippen molar-refractivity contribution in [3.63, 3.8) is 0 Å². The van der Waals surface area contributed by atoms with E-state index in [1.807, 2.05) is 89.6 Å². The lowest BCUT2D eigenvalue weighted by Gasteiger charge is -2.40. The lowest BCUT2D eigenvalue weighted by molar-refractivity contribution is -0.202. The zero-order valence-corrected chi connectivity index (χ0v) is 62.6. The predicted molar refractivity (Wildman–Crippen MR) is 424 cm³/mol. The number of aliphatic hydroxyl groups excluding tert-OH is 2. The van der Waals surface area contributed by atoms with Crippen molar-refractivity contribution in [3.05, 3.63) is 178 Å². The Morgan fingerprint density at radius 2 is 0.826 bits per heavy atom. The first-order valence-corrected chi connectivity index (χ1v) is 39.9. The van der Waals surface area contributed by atoms with Crippen molar-refractivity contribution in [3.8, 4) is 0 Å². The first kappa shape index (κ1) is 66.1. The number of nitrogens with zero attached hydrogens (tertiary/aromatic N) is 6. The Balaban J connectivity index is 0.000000102. The maximum absolute atomic E-state index is 13.7. The highest BCUT2D eigenvalue weighted by Crippen LogP contribution is 2.63. The zero-order valence-electron chi connectivity index (χ0n) is 61.0. The lowest BCUT2D eigenvalue weighted by atomic mass is 9.78. The number of aromatic nitrogens is 6. The van der Waals surface area contributed by atoms with Crippen LogP contribution in [-0.2, 0) is 72.1 Å². The molecule has 15 aromatic rings. The number of rotatable bonds is 9. The summed E-state index contributed by atoms with van der Waals surface area (Å²) in [6.45, 7) is 13.2. The molecule has 6 bridgehead atoms. The molecule has 0 saturated carbocycles. The number of hydrogen-bond acceptors (Lipinski definition) is 14. The highest BCUT2D eigenvalue weighted by Gasteiger charge is 2.67. The van der Waals surface area contributed by atoms with Gasteiger partial charge in [-0.1, -0.05) is 106 Å². The second-order valence-corrected chi connectivity index (χ2v) is 34.2. The molecule has 21 nitrogen and oxygen atoms in total. The maximum atomic E-state index is 13.7. The van der Waals surface area contributed by atoms with Crippen molar-refractivity contribution < 1.29 is 58.6 Å². The number of nitrogens with one attached hydrogen (secondary N) is 3. The molecule has 3 amide bonds. The number of benzene rings is 9. The van der Waals surface area contributed by atoms with Crippen molar-refractivity contribution in [1.82, 2.24) is 43.4 Å². The molecule has 0 spiro atoms. The monoisotopic (exact) mass is 1490 g/mol. The zero-order chi connectivity index (χ0) is 74.4. The van der Waals surface area contributed by atoms with E-state index in [-0.39, 0.29) is 43.4 Å². The minimum absolute atomic E-state index is 0.00614. The second-order valence-electron chi connectivity index (χ2n) is 31.7. The standard InChI is InChI=1S/C33H33N3O5S2.C27H23N3O3.C26H21N3O4/c1-5-42-15-17-7-9-22-19(11-17)26-27-21(14-34-30(27)37)25-20-12-18(16-43-6-2)8-10-23(20)36-29(25)28(26)35(22)24-13-33(39,31(38)40-4)32(36,3)41-24;1-26(13-31)11-19-29-17-9-5-3-7-14(17)21-22-16(12-28-25(22)32)20-15-8-4-6-10-18(15)30(24(20)23(21)29)27(26,2)33-19;1-25-26(32,12-30)10-18(33-25)28-16-8-4-2-6-13(16)20-21-15(11-27-24(21)31)19-14-7-3-5-9-17(14)29(25)23(19)22(20)28/h7-12,24,39H,5-6,13-16H2,1-4H3,(H,34,37);3-10,19,31H,11-13H2,1-2H3,(H,28,32);2-9,18,30,32H,10-12H2,1H3,(H,27,31). The van der Waals surface area contributed by atoms with Gasteiger partial charge in [0.1, 0.15) is 24.3 Å². The molecule has 109 heavy (non-hydrogen) atoms. The summed E-state index contributed by atoms with van der Waals surface area (Å²) in [4.78, 5) is 53.5. The number of para-hydroxylation sites is 4. The van der Waals surface area contributed by atoms with Crippen molar-refractivity contribution in [2.24, 2.45) is 5.41 Å². The van der Waals surface area contributed by atoms with Crippen molar-refractivity contribution in [2.45, 2.75) is 139 Å². The van der Waals surface area contributed by atoms with Crippen LogP contribution in [0.4, 0.5) is 0 Å². The molecule has 6 aromatic heterocycles. The first-order chi connectivity index (χ1) is 52.7. The molecule has 15 heterocycles. The molecule has 0 radical (unpaired) electrons. The van der Waals surface area contributed by atoms with Crippen LogP contribution >= 0.6 is 23.5 Å². The third-order valence-electron chi connectivity index (χ3n) is 26.5.